The average molecular weight is 445 g/mol. The number of methoxy groups -OCH3 is 1. The van der Waals surface area contributed by atoms with Gasteiger partial charge in [0.2, 0.25) is 5.91 Å². The molecule has 0 radical (unpaired) electrons. The summed E-state index contributed by atoms with van der Waals surface area (Å²) in [4.78, 5) is 31.5. The lowest BCUT2D eigenvalue weighted by molar-refractivity contribution is -0.137. The highest BCUT2D eigenvalue weighted by Gasteiger charge is 2.33. The van der Waals surface area contributed by atoms with Crippen LogP contribution in [-0.4, -0.2) is 46.7 Å². The van der Waals surface area contributed by atoms with Crippen molar-refractivity contribution in [3.05, 3.63) is 39.7 Å². The fourth-order valence-electron chi connectivity index (χ4n) is 3.99. The number of amides is 1. The molecular formula is C26H40N2O4. The third-order valence-electron chi connectivity index (χ3n) is 5.91. The van der Waals surface area contributed by atoms with Crippen molar-refractivity contribution in [1.82, 2.24) is 9.88 Å². The van der Waals surface area contributed by atoms with Gasteiger partial charge in [-0.15, -0.1) is 0 Å². The Hall–Kier alpha value is -2.34. The first-order valence-corrected chi connectivity index (χ1v) is 11.3. The first kappa shape index (κ1) is 25.9. The maximum absolute atomic E-state index is 13.7. The lowest BCUT2D eigenvalue weighted by Gasteiger charge is -2.39. The second-order valence-corrected chi connectivity index (χ2v) is 11.5. The molecular weight excluding hydrogens is 404 g/mol. The van der Waals surface area contributed by atoms with Gasteiger partial charge in [-0.05, 0) is 48.8 Å². The third-order valence-corrected chi connectivity index (χ3v) is 5.91. The molecule has 6 nitrogen and oxygen atoms in total. The number of ether oxygens (including phenoxy) is 1. The molecule has 1 aromatic heterocycles. The highest BCUT2D eigenvalue weighted by atomic mass is 16.5. The van der Waals surface area contributed by atoms with Crippen molar-refractivity contribution in [2.24, 2.45) is 5.41 Å². The van der Waals surface area contributed by atoms with Crippen molar-refractivity contribution in [3.63, 3.8) is 0 Å². The minimum atomic E-state index is -0.704. The molecule has 1 amide bonds. The van der Waals surface area contributed by atoms with Crippen LogP contribution >= 0.6 is 0 Å². The highest BCUT2D eigenvalue weighted by molar-refractivity contribution is 5.90. The van der Waals surface area contributed by atoms with Gasteiger partial charge < -0.3 is 19.7 Å². The number of aromatic amines is 1. The standard InChI is InChI=1S/C26H40N2O4/c1-24(2,3)12-13-28(26(7,8)16-29)21(30)15-19-18-11-10-17(32-9)14-20(18)27-23(31)22(19)25(4,5)6/h10-11,14,29H,12-13,15-16H2,1-9H3,(H,27,31). The quantitative estimate of drug-likeness (QED) is 0.663. The van der Waals surface area contributed by atoms with E-state index in [0.29, 0.717) is 23.4 Å². The number of aliphatic hydroxyl groups excluding tert-OH is 1. The molecule has 2 N–H and O–H groups in total. The molecule has 32 heavy (non-hydrogen) atoms. The van der Waals surface area contributed by atoms with Crippen LogP contribution in [0.5, 0.6) is 5.75 Å². The van der Waals surface area contributed by atoms with Gasteiger partial charge in [-0.2, -0.15) is 0 Å². The van der Waals surface area contributed by atoms with Crippen molar-refractivity contribution in [3.8, 4) is 5.75 Å². The molecule has 178 valence electrons. The molecule has 0 saturated carbocycles. The molecule has 0 aliphatic heterocycles. The van der Waals surface area contributed by atoms with Gasteiger partial charge in [-0.25, -0.2) is 0 Å². The van der Waals surface area contributed by atoms with Gasteiger partial charge in [0.15, 0.2) is 0 Å². The third kappa shape index (κ3) is 5.91. The van der Waals surface area contributed by atoms with E-state index in [-0.39, 0.29) is 29.9 Å². The van der Waals surface area contributed by atoms with Gasteiger partial charge in [-0.1, -0.05) is 41.5 Å². The molecule has 1 aromatic carbocycles. The molecule has 0 saturated heterocycles. The molecule has 0 aliphatic carbocycles. The largest absolute Gasteiger partial charge is 0.497 e. The molecule has 0 atom stereocenters. The van der Waals surface area contributed by atoms with Gasteiger partial charge in [0.1, 0.15) is 5.75 Å². The van der Waals surface area contributed by atoms with E-state index in [9.17, 15) is 14.7 Å². The second-order valence-electron chi connectivity index (χ2n) is 11.5. The fraction of sp³-hybridized carbons (Fsp3) is 0.615. The van der Waals surface area contributed by atoms with Crippen LogP contribution in [-0.2, 0) is 16.6 Å². The Bertz CT molecular complexity index is 1020. The molecule has 0 unspecified atom stereocenters. The summed E-state index contributed by atoms with van der Waals surface area (Å²) in [7, 11) is 1.58. The van der Waals surface area contributed by atoms with Gasteiger partial charge in [0.25, 0.3) is 5.56 Å². The first-order valence-electron chi connectivity index (χ1n) is 11.3. The van der Waals surface area contributed by atoms with E-state index in [1.54, 1.807) is 18.1 Å². The van der Waals surface area contributed by atoms with Crippen molar-refractivity contribution in [2.45, 2.75) is 79.2 Å². The fourth-order valence-corrected chi connectivity index (χ4v) is 3.99. The van der Waals surface area contributed by atoms with E-state index < -0.39 is 11.0 Å². The van der Waals surface area contributed by atoms with E-state index in [2.05, 4.69) is 25.8 Å². The maximum atomic E-state index is 13.7. The molecule has 0 spiro atoms. The number of benzene rings is 1. The van der Waals surface area contributed by atoms with Crippen LogP contribution in [0.15, 0.2) is 23.0 Å². The van der Waals surface area contributed by atoms with Gasteiger partial charge in [0, 0.05) is 23.6 Å². The summed E-state index contributed by atoms with van der Waals surface area (Å²) in [5.41, 5.74) is 0.703. The number of carbonyl (C=O) groups is 1. The lowest BCUT2D eigenvalue weighted by atomic mass is 9.82. The summed E-state index contributed by atoms with van der Waals surface area (Å²) in [6.07, 6.45) is 0.897. The minimum Gasteiger partial charge on any atom is -0.497 e. The Morgan fingerprint density at radius 3 is 2.22 bits per heavy atom. The number of nitrogens with one attached hydrogen (secondary N) is 1. The normalized spacial score (nSPS) is 12.8. The van der Waals surface area contributed by atoms with Crippen molar-refractivity contribution >= 4 is 16.8 Å². The SMILES string of the molecule is COc1ccc2c(CC(=O)N(CCC(C)(C)C)C(C)(C)CO)c(C(C)(C)C)c(=O)[nH]c2c1. The summed E-state index contributed by atoms with van der Waals surface area (Å²) in [6, 6.07) is 5.53. The van der Waals surface area contributed by atoms with E-state index in [0.717, 1.165) is 17.4 Å². The van der Waals surface area contributed by atoms with Crippen molar-refractivity contribution in [1.29, 1.82) is 0 Å². The van der Waals surface area contributed by atoms with Crippen molar-refractivity contribution < 1.29 is 14.6 Å². The predicted octanol–water partition coefficient (Wildman–Crippen LogP) is 4.41. The zero-order valence-electron chi connectivity index (χ0n) is 21.2. The van der Waals surface area contributed by atoms with Crippen molar-refractivity contribution in [2.75, 3.05) is 20.3 Å². The van der Waals surface area contributed by atoms with E-state index in [1.165, 1.54) is 0 Å². The number of hydrogen-bond donors (Lipinski definition) is 2. The zero-order valence-corrected chi connectivity index (χ0v) is 21.2. The van der Waals surface area contributed by atoms with Crippen LogP contribution in [0.25, 0.3) is 10.9 Å². The maximum Gasteiger partial charge on any atom is 0.252 e. The topological polar surface area (TPSA) is 82.6 Å². The molecule has 6 heteroatoms. The summed E-state index contributed by atoms with van der Waals surface area (Å²) in [6.45, 7) is 16.5. The number of hydrogen-bond acceptors (Lipinski definition) is 4. The summed E-state index contributed by atoms with van der Waals surface area (Å²) in [5, 5.41) is 10.8. The number of nitrogens with zero attached hydrogens (tertiary/aromatic N) is 1. The van der Waals surface area contributed by atoms with Crippen LogP contribution in [0.3, 0.4) is 0 Å². The number of carbonyl (C=O) groups excluding carboxylic acids is 1. The number of pyridine rings is 1. The van der Waals surface area contributed by atoms with Crippen LogP contribution in [0.1, 0.15) is 72.9 Å². The van der Waals surface area contributed by atoms with E-state index in [4.69, 9.17) is 4.74 Å². The number of H-pyrrole nitrogens is 1. The monoisotopic (exact) mass is 444 g/mol. The molecule has 0 bridgehead atoms. The summed E-state index contributed by atoms with van der Waals surface area (Å²) >= 11 is 0. The number of aliphatic hydroxyl groups is 1. The first-order chi connectivity index (χ1) is 14.6. The van der Waals surface area contributed by atoms with Crippen LogP contribution < -0.4 is 10.3 Å². The minimum absolute atomic E-state index is 0.0494. The van der Waals surface area contributed by atoms with Crippen LogP contribution in [0, 0.1) is 5.41 Å². The Labute approximate surface area is 192 Å². The zero-order chi connectivity index (χ0) is 24.5. The number of aromatic nitrogens is 1. The highest BCUT2D eigenvalue weighted by Crippen LogP contribution is 2.31. The molecule has 1 heterocycles. The summed E-state index contributed by atoms with van der Waals surface area (Å²) < 4.78 is 5.32. The summed E-state index contributed by atoms with van der Waals surface area (Å²) in [5.74, 6) is 0.545. The van der Waals surface area contributed by atoms with Gasteiger partial charge >= 0.3 is 0 Å². The van der Waals surface area contributed by atoms with E-state index >= 15 is 0 Å². The van der Waals surface area contributed by atoms with Gasteiger partial charge in [-0.3, -0.25) is 9.59 Å². The Morgan fingerprint density at radius 2 is 1.72 bits per heavy atom. The van der Waals surface area contributed by atoms with Gasteiger partial charge in [0.05, 0.1) is 31.2 Å². The lowest BCUT2D eigenvalue weighted by Crippen LogP contribution is -2.52. The Kier molecular flexibility index (Phi) is 7.50. The Balaban J connectivity index is 2.63. The molecule has 0 aliphatic rings. The molecule has 0 fully saturated rings. The average Bonchev–Trinajstić information content (AvgIpc) is 2.65. The van der Waals surface area contributed by atoms with E-state index in [1.807, 2.05) is 46.8 Å². The Morgan fingerprint density at radius 1 is 1.09 bits per heavy atom. The molecule has 2 rings (SSSR count). The predicted molar refractivity (Wildman–Crippen MR) is 130 cm³/mol. The molecule has 2 aromatic rings. The number of rotatable bonds is 7. The second kappa shape index (κ2) is 9.26. The smallest absolute Gasteiger partial charge is 0.252 e. The number of fused-ring (bicyclic) bond motifs is 1. The van der Waals surface area contributed by atoms with Crippen LogP contribution in [0.4, 0.5) is 0 Å². The van der Waals surface area contributed by atoms with Crippen LogP contribution in [0.2, 0.25) is 0 Å².